The molecule has 20 heavy (non-hydrogen) atoms. The topological polar surface area (TPSA) is 28.2 Å². The number of pyridine rings is 1. The van der Waals surface area contributed by atoms with Crippen LogP contribution in [0.25, 0.3) is 0 Å². The van der Waals surface area contributed by atoms with Crippen LogP contribution >= 0.6 is 0 Å². The van der Waals surface area contributed by atoms with E-state index in [0.717, 1.165) is 44.1 Å². The highest BCUT2D eigenvalue weighted by atomic mass is 15.1. The molecule has 0 bridgehead atoms. The van der Waals surface area contributed by atoms with Gasteiger partial charge in [-0.2, -0.15) is 0 Å². The summed E-state index contributed by atoms with van der Waals surface area (Å²) >= 11 is 0. The predicted octanol–water partition coefficient (Wildman–Crippen LogP) is 3.23. The molecular formula is C17H29N3. The maximum atomic E-state index is 4.73. The van der Waals surface area contributed by atoms with E-state index in [0.29, 0.717) is 5.92 Å². The molecule has 1 aromatic rings. The van der Waals surface area contributed by atoms with Gasteiger partial charge in [-0.15, -0.1) is 0 Å². The minimum Gasteiger partial charge on any atom is -0.311 e. The van der Waals surface area contributed by atoms with E-state index in [1.807, 2.05) is 0 Å². The van der Waals surface area contributed by atoms with Gasteiger partial charge in [0.05, 0.1) is 11.4 Å². The van der Waals surface area contributed by atoms with E-state index in [9.17, 15) is 0 Å². The van der Waals surface area contributed by atoms with Crippen LogP contribution < -0.4 is 5.32 Å². The van der Waals surface area contributed by atoms with Crippen molar-refractivity contribution in [2.75, 3.05) is 19.6 Å². The van der Waals surface area contributed by atoms with Gasteiger partial charge in [-0.3, -0.25) is 9.88 Å². The predicted molar refractivity (Wildman–Crippen MR) is 86.5 cm³/mol. The van der Waals surface area contributed by atoms with Gasteiger partial charge in [0.1, 0.15) is 0 Å². The molecule has 0 saturated carbocycles. The van der Waals surface area contributed by atoms with Gasteiger partial charge in [-0.25, -0.2) is 0 Å². The highest BCUT2D eigenvalue weighted by molar-refractivity contribution is 5.11. The van der Waals surface area contributed by atoms with Crippen molar-refractivity contribution in [3.05, 3.63) is 41.7 Å². The Morgan fingerprint density at radius 3 is 2.65 bits per heavy atom. The van der Waals surface area contributed by atoms with Crippen molar-refractivity contribution in [3.63, 3.8) is 0 Å². The Kier molecular flexibility index (Phi) is 7.48. The quantitative estimate of drug-likeness (QED) is 0.701. The Morgan fingerprint density at radius 1 is 1.35 bits per heavy atom. The lowest BCUT2D eigenvalue weighted by molar-refractivity contribution is 0.300. The Bertz CT molecular complexity index is 412. The molecule has 0 aromatic carbocycles. The summed E-state index contributed by atoms with van der Waals surface area (Å²) in [5.41, 5.74) is 3.45. The van der Waals surface area contributed by atoms with Crippen molar-refractivity contribution in [1.82, 2.24) is 15.2 Å². The van der Waals surface area contributed by atoms with E-state index in [2.05, 4.69) is 62.7 Å². The van der Waals surface area contributed by atoms with Crippen LogP contribution in [-0.4, -0.2) is 29.5 Å². The standard InChI is InChI=1S/C17H29N3/c1-6-20(12-15(4)5)13-17-9-7-8-16(19-17)11-18-10-14(2)3/h7-9,14,18H,4,6,10-13H2,1-3,5H3. The zero-order valence-electron chi connectivity index (χ0n) is 13.4. The summed E-state index contributed by atoms with van der Waals surface area (Å²) < 4.78 is 0. The van der Waals surface area contributed by atoms with Gasteiger partial charge in [0.25, 0.3) is 0 Å². The van der Waals surface area contributed by atoms with Gasteiger partial charge >= 0.3 is 0 Å². The summed E-state index contributed by atoms with van der Waals surface area (Å²) in [6, 6.07) is 6.29. The van der Waals surface area contributed by atoms with E-state index in [4.69, 9.17) is 4.98 Å². The maximum Gasteiger partial charge on any atom is 0.0547 e. The highest BCUT2D eigenvalue weighted by Gasteiger charge is 2.05. The fourth-order valence-corrected chi connectivity index (χ4v) is 2.10. The number of hydrogen-bond acceptors (Lipinski definition) is 3. The van der Waals surface area contributed by atoms with Crippen molar-refractivity contribution < 1.29 is 0 Å². The van der Waals surface area contributed by atoms with Crippen LogP contribution in [0.4, 0.5) is 0 Å². The third kappa shape index (κ3) is 6.83. The van der Waals surface area contributed by atoms with Crippen LogP contribution in [0.5, 0.6) is 0 Å². The van der Waals surface area contributed by atoms with Crippen LogP contribution in [0, 0.1) is 5.92 Å². The third-order valence-electron chi connectivity index (χ3n) is 3.05. The van der Waals surface area contributed by atoms with Crippen molar-refractivity contribution in [2.45, 2.75) is 40.8 Å². The maximum absolute atomic E-state index is 4.73. The van der Waals surface area contributed by atoms with Gasteiger partial charge in [0, 0.05) is 19.6 Å². The first-order valence-electron chi connectivity index (χ1n) is 7.53. The molecule has 0 aliphatic heterocycles. The van der Waals surface area contributed by atoms with E-state index >= 15 is 0 Å². The minimum atomic E-state index is 0.671. The zero-order chi connectivity index (χ0) is 15.0. The normalized spacial score (nSPS) is 11.3. The molecule has 0 amide bonds. The average Bonchev–Trinajstić information content (AvgIpc) is 2.37. The van der Waals surface area contributed by atoms with Crippen molar-refractivity contribution >= 4 is 0 Å². The fourth-order valence-electron chi connectivity index (χ4n) is 2.10. The van der Waals surface area contributed by atoms with E-state index in [1.165, 1.54) is 5.57 Å². The molecule has 0 fully saturated rings. The first-order valence-corrected chi connectivity index (χ1v) is 7.53. The number of nitrogens with zero attached hydrogens (tertiary/aromatic N) is 2. The van der Waals surface area contributed by atoms with Gasteiger partial charge in [0.2, 0.25) is 0 Å². The monoisotopic (exact) mass is 275 g/mol. The summed E-state index contributed by atoms with van der Waals surface area (Å²) in [6.45, 7) is 17.4. The van der Waals surface area contributed by atoms with Gasteiger partial charge in [-0.05, 0) is 38.1 Å². The van der Waals surface area contributed by atoms with E-state index in [1.54, 1.807) is 0 Å². The molecule has 1 rings (SSSR count). The van der Waals surface area contributed by atoms with Gasteiger partial charge < -0.3 is 5.32 Å². The molecule has 1 aromatic heterocycles. The molecule has 3 heteroatoms. The molecular weight excluding hydrogens is 246 g/mol. The van der Waals surface area contributed by atoms with Gasteiger partial charge in [-0.1, -0.05) is 39.0 Å². The molecule has 0 saturated heterocycles. The Labute approximate surface area is 124 Å². The first kappa shape index (κ1) is 16.9. The van der Waals surface area contributed by atoms with Crippen LogP contribution in [0.2, 0.25) is 0 Å². The SMILES string of the molecule is C=C(C)CN(CC)Cc1cccc(CNCC(C)C)n1. The lowest BCUT2D eigenvalue weighted by Gasteiger charge is -2.20. The van der Waals surface area contributed by atoms with Crippen molar-refractivity contribution in [1.29, 1.82) is 0 Å². The third-order valence-corrected chi connectivity index (χ3v) is 3.05. The molecule has 112 valence electrons. The molecule has 0 unspecified atom stereocenters. The number of rotatable bonds is 9. The van der Waals surface area contributed by atoms with Crippen LogP contribution in [-0.2, 0) is 13.1 Å². The number of nitrogens with one attached hydrogen (secondary N) is 1. The molecule has 1 heterocycles. The molecule has 0 radical (unpaired) electrons. The lowest BCUT2D eigenvalue weighted by Crippen LogP contribution is -2.25. The summed E-state index contributed by atoms with van der Waals surface area (Å²) in [5, 5.41) is 3.44. The zero-order valence-corrected chi connectivity index (χ0v) is 13.4. The first-order chi connectivity index (χ1) is 9.51. The summed E-state index contributed by atoms with van der Waals surface area (Å²) in [6.07, 6.45) is 0. The Balaban J connectivity index is 2.55. The molecule has 0 aliphatic carbocycles. The lowest BCUT2D eigenvalue weighted by atomic mass is 10.2. The average molecular weight is 275 g/mol. The fraction of sp³-hybridized carbons (Fsp3) is 0.588. The second-order valence-electron chi connectivity index (χ2n) is 5.91. The Hall–Kier alpha value is -1.19. The summed E-state index contributed by atoms with van der Waals surface area (Å²) in [4.78, 5) is 7.09. The smallest absolute Gasteiger partial charge is 0.0547 e. The van der Waals surface area contributed by atoms with Crippen molar-refractivity contribution in [2.24, 2.45) is 5.92 Å². The summed E-state index contributed by atoms with van der Waals surface area (Å²) in [7, 11) is 0. The van der Waals surface area contributed by atoms with Crippen LogP contribution in [0.3, 0.4) is 0 Å². The van der Waals surface area contributed by atoms with E-state index < -0.39 is 0 Å². The van der Waals surface area contributed by atoms with E-state index in [-0.39, 0.29) is 0 Å². The van der Waals surface area contributed by atoms with Gasteiger partial charge in [0.15, 0.2) is 0 Å². The summed E-state index contributed by atoms with van der Waals surface area (Å²) in [5.74, 6) is 0.671. The molecule has 0 atom stereocenters. The molecule has 3 nitrogen and oxygen atoms in total. The van der Waals surface area contributed by atoms with Crippen LogP contribution in [0.1, 0.15) is 39.1 Å². The highest BCUT2D eigenvalue weighted by Crippen LogP contribution is 2.06. The minimum absolute atomic E-state index is 0.671. The second-order valence-corrected chi connectivity index (χ2v) is 5.91. The molecule has 0 aliphatic rings. The van der Waals surface area contributed by atoms with Crippen LogP contribution in [0.15, 0.2) is 30.4 Å². The number of likely N-dealkylation sites (N-methyl/N-ethyl adjacent to an activating group) is 1. The number of aromatic nitrogens is 1. The molecule has 1 N–H and O–H groups in total. The number of hydrogen-bond donors (Lipinski definition) is 1. The largest absolute Gasteiger partial charge is 0.311 e. The van der Waals surface area contributed by atoms with Crippen molar-refractivity contribution in [3.8, 4) is 0 Å². The molecule has 0 spiro atoms. The Morgan fingerprint density at radius 2 is 2.05 bits per heavy atom. The second kappa shape index (κ2) is 8.88.